The van der Waals surface area contributed by atoms with Crippen LogP contribution < -0.4 is 14.2 Å². The number of nitrogens with zero attached hydrogens (tertiary/aromatic N) is 3. The van der Waals surface area contributed by atoms with E-state index in [4.69, 9.17) is 19.0 Å². The van der Waals surface area contributed by atoms with E-state index in [0.29, 0.717) is 30.5 Å². The van der Waals surface area contributed by atoms with Gasteiger partial charge < -0.3 is 19.0 Å². The number of aryl methyl sites for hydroxylation is 2. The fourth-order valence-corrected chi connectivity index (χ4v) is 3.32. The predicted octanol–water partition coefficient (Wildman–Crippen LogP) is 5.83. The lowest BCUT2D eigenvalue weighted by atomic mass is 10.1. The zero-order chi connectivity index (χ0) is 23.9. The molecule has 1 aromatic carbocycles. The lowest BCUT2D eigenvalue weighted by Crippen LogP contribution is -2.04. The van der Waals surface area contributed by atoms with Gasteiger partial charge in [0.05, 0.1) is 13.2 Å². The topological polar surface area (TPSA) is 75.1 Å². The highest BCUT2D eigenvalue weighted by atomic mass is 16.6. The summed E-state index contributed by atoms with van der Waals surface area (Å²) in [5.41, 5.74) is 3.57. The average Bonchev–Trinajstić information content (AvgIpc) is 2.80. The van der Waals surface area contributed by atoms with Crippen molar-refractivity contribution in [2.75, 3.05) is 26.9 Å². The zero-order valence-electron chi connectivity index (χ0n) is 20.6. The molecule has 1 heterocycles. The van der Waals surface area contributed by atoms with E-state index in [1.807, 2.05) is 44.2 Å². The van der Waals surface area contributed by atoms with Gasteiger partial charge in [-0.15, -0.1) is 10.2 Å². The van der Waals surface area contributed by atoms with Crippen LogP contribution >= 0.6 is 0 Å². The first-order valence-corrected chi connectivity index (χ1v) is 11.6. The molecule has 0 aliphatic rings. The minimum atomic E-state index is 0.529. The smallest absolute Gasteiger partial charge is 0.233 e. The van der Waals surface area contributed by atoms with Crippen LogP contribution in [0.4, 0.5) is 0 Å². The fourth-order valence-electron chi connectivity index (χ4n) is 3.32. The number of rotatable bonds is 15. The molecule has 0 aliphatic carbocycles. The van der Waals surface area contributed by atoms with Crippen molar-refractivity contribution in [3.8, 4) is 17.4 Å². The Hall–Kier alpha value is -3.09. The van der Waals surface area contributed by atoms with Crippen molar-refractivity contribution in [3.05, 3.63) is 53.2 Å². The van der Waals surface area contributed by atoms with E-state index in [2.05, 4.69) is 29.2 Å². The predicted molar refractivity (Wildman–Crippen MR) is 132 cm³/mol. The Morgan fingerprint density at radius 1 is 0.909 bits per heavy atom. The second kappa shape index (κ2) is 14.9. The largest absolute Gasteiger partial charge is 0.493 e. The van der Waals surface area contributed by atoms with Gasteiger partial charge in [0.25, 0.3) is 0 Å². The third-order valence-corrected chi connectivity index (χ3v) is 5.04. The number of hydrogen-bond donors (Lipinski definition) is 0. The van der Waals surface area contributed by atoms with Gasteiger partial charge in [0.1, 0.15) is 36.6 Å². The van der Waals surface area contributed by atoms with Crippen molar-refractivity contribution in [3.63, 3.8) is 0 Å². The van der Waals surface area contributed by atoms with Crippen LogP contribution in [0.25, 0.3) is 0 Å². The molecule has 0 amide bonds. The van der Waals surface area contributed by atoms with Crippen molar-refractivity contribution < 1.29 is 19.0 Å². The van der Waals surface area contributed by atoms with Gasteiger partial charge in [0.15, 0.2) is 0 Å². The molecule has 2 aromatic rings. The lowest BCUT2D eigenvalue weighted by molar-refractivity contribution is 0.213. The van der Waals surface area contributed by atoms with Crippen LogP contribution in [0.2, 0.25) is 0 Å². The molecule has 0 aliphatic heterocycles. The summed E-state index contributed by atoms with van der Waals surface area (Å²) in [6.45, 7) is 9.89. The summed E-state index contributed by atoms with van der Waals surface area (Å²) < 4.78 is 17.5. The summed E-state index contributed by atoms with van der Waals surface area (Å²) in [5.74, 6) is 2.38. The van der Waals surface area contributed by atoms with Gasteiger partial charge in [0, 0.05) is 6.07 Å². The maximum absolute atomic E-state index is 6.05. The van der Waals surface area contributed by atoms with Crippen molar-refractivity contribution in [1.82, 2.24) is 10.2 Å². The summed E-state index contributed by atoms with van der Waals surface area (Å²) >= 11 is 0. The maximum atomic E-state index is 6.05. The standard InChI is InChI=1S/C26H37N3O4/c1-6-7-15-31-23-18-20(2)26(21(3)19-23)33-17-12-10-8-9-11-16-32-25-14-13-24(27-28-25)22(4)29-30-5/h6-7,13-14,18-19H,8-12,15-17H2,1-5H3/b7-6+,29-22?. The van der Waals surface area contributed by atoms with E-state index in [1.165, 1.54) is 7.11 Å². The van der Waals surface area contributed by atoms with Crippen LogP contribution in [0.15, 0.2) is 41.6 Å². The molecule has 0 radical (unpaired) electrons. The van der Waals surface area contributed by atoms with Crippen molar-refractivity contribution in [2.24, 2.45) is 5.16 Å². The number of ether oxygens (including phenoxy) is 3. The Bertz CT molecular complexity index is 872. The normalized spacial score (nSPS) is 11.6. The summed E-state index contributed by atoms with van der Waals surface area (Å²) in [4.78, 5) is 4.74. The van der Waals surface area contributed by atoms with E-state index in [9.17, 15) is 0 Å². The molecule has 0 saturated carbocycles. The molecule has 1 aromatic heterocycles. The van der Waals surface area contributed by atoms with Crippen LogP contribution in [0, 0.1) is 13.8 Å². The van der Waals surface area contributed by atoms with Crippen LogP contribution in [-0.2, 0) is 4.84 Å². The molecule has 0 fully saturated rings. The van der Waals surface area contributed by atoms with Crippen LogP contribution in [0.3, 0.4) is 0 Å². The molecular weight excluding hydrogens is 418 g/mol. The highest BCUT2D eigenvalue weighted by Crippen LogP contribution is 2.28. The molecule has 0 bridgehead atoms. The first kappa shape index (κ1) is 26.2. The monoisotopic (exact) mass is 455 g/mol. The van der Waals surface area contributed by atoms with E-state index >= 15 is 0 Å². The van der Waals surface area contributed by atoms with Gasteiger partial charge in [0.2, 0.25) is 5.88 Å². The molecule has 2 rings (SSSR count). The fraction of sp³-hybridized carbons (Fsp3) is 0.500. The first-order valence-electron chi connectivity index (χ1n) is 11.6. The summed E-state index contributed by atoms with van der Waals surface area (Å²) in [7, 11) is 1.51. The maximum Gasteiger partial charge on any atom is 0.233 e. The Morgan fingerprint density at radius 2 is 1.58 bits per heavy atom. The van der Waals surface area contributed by atoms with E-state index < -0.39 is 0 Å². The molecule has 0 unspecified atom stereocenters. The molecule has 0 saturated heterocycles. The Morgan fingerprint density at radius 3 is 2.18 bits per heavy atom. The molecule has 0 atom stereocenters. The Balaban J connectivity index is 1.58. The number of unbranched alkanes of at least 4 members (excludes halogenated alkanes) is 4. The molecule has 0 N–H and O–H groups in total. The van der Waals surface area contributed by atoms with Gasteiger partial charge in [-0.1, -0.05) is 36.6 Å². The number of oxime groups is 1. The van der Waals surface area contributed by atoms with E-state index in [-0.39, 0.29) is 0 Å². The quantitative estimate of drug-likeness (QED) is 0.146. The average molecular weight is 456 g/mol. The van der Waals surface area contributed by atoms with Gasteiger partial charge in [-0.25, -0.2) is 0 Å². The summed E-state index contributed by atoms with van der Waals surface area (Å²) in [5, 5.41) is 12.0. The van der Waals surface area contributed by atoms with Crippen molar-refractivity contribution in [1.29, 1.82) is 0 Å². The SMILES string of the molecule is C/C=C/COc1cc(C)c(OCCCCCCCOc2ccc(C(C)=NOC)nn2)c(C)c1. The summed E-state index contributed by atoms with van der Waals surface area (Å²) in [6, 6.07) is 7.71. The number of aromatic nitrogens is 2. The molecule has 180 valence electrons. The van der Waals surface area contributed by atoms with Crippen LogP contribution in [-0.4, -0.2) is 42.8 Å². The molecule has 0 spiro atoms. The van der Waals surface area contributed by atoms with Crippen LogP contribution in [0.1, 0.15) is 62.8 Å². The minimum Gasteiger partial charge on any atom is -0.493 e. The van der Waals surface area contributed by atoms with Gasteiger partial charge in [-0.3, -0.25) is 0 Å². The Labute approximate surface area is 197 Å². The highest BCUT2D eigenvalue weighted by Gasteiger charge is 2.07. The minimum absolute atomic E-state index is 0.529. The van der Waals surface area contributed by atoms with Crippen LogP contribution in [0.5, 0.6) is 17.4 Å². The lowest BCUT2D eigenvalue weighted by Gasteiger charge is -2.14. The van der Waals surface area contributed by atoms with E-state index in [0.717, 1.165) is 61.3 Å². The number of benzene rings is 1. The van der Waals surface area contributed by atoms with Gasteiger partial charge >= 0.3 is 0 Å². The molecule has 7 heteroatoms. The first-order chi connectivity index (χ1) is 16.0. The van der Waals surface area contributed by atoms with E-state index in [1.54, 1.807) is 6.07 Å². The number of allylic oxidation sites excluding steroid dienone is 1. The summed E-state index contributed by atoms with van der Waals surface area (Å²) in [6.07, 6.45) is 9.40. The third kappa shape index (κ3) is 9.51. The molecule has 7 nitrogen and oxygen atoms in total. The molecule has 33 heavy (non-hydrogen) atoms. The Kier molecular flexibility index (Phi) is 11.8. The van der Waals surface area contributed by atoms with Gasteiger partial charge in [-0.05, 0) is 69.9 Å². The third-order valence-electron chi connectivity index (χ3n) is 5.04. The highest BCUT2D eigenvalue weighted by molar-refractivity contribution is 5.96. The van der Waals surface area contributed by atoms with Gasteiger partial charge in [-0.2, -0.15) is 0 Å². The molecular formula is C26H37N3O4. The van der Waals surface area contributed by atoms with Crippen molar-refractivity contribution >= 4 is 5.71 Å². The second-order valence-corrected chi connectivity index (χ2v) is 7.85. The number of hydrogen-bond acceptors (Lipinski definition) is 7. The second-order valence-electron chi connectivity index (χ2n) is 7.85. The van der Waals surface area contributed by atoms with Crippen molar-refractivity contribution in [2.45, 2.75) is 59.8 Å². The zero-order valence-corrected chi connectivity index (χ0v) is 20.6.